The third-order valence-electron chi connectivity index (χ3n) is 2.71. The Morgan fingerprint density at radius 1 is 1.31 bits per heavy atom. The first-order valence-electron chi connectivity index (χ1n) is 5.29. The molecular formula is C13H14N2O. The van der Waals surface area contributed by atoms with E-state index in [1.54, 1.807) is 13.1 Å². The lowest BCUT2D eigenvalue weighted by Gasteiger charge is -2.13. The number of carbonyl (C=O) groups excluding carboxylic acids is 1. The topological polar surface area (TPSA) is 34.9 Å². The number of carbonyl (C=O) groups is 1. The van der Waals surface area contributed by atoms with Gasteiger partial charge in [0.15, 0.2) is 5.78 Å². The summed E-state index contributed by atoms with van der Waals surface area (Å²) in [5.41, 5.74) is 1.03. The molecule has 16 heavy (non-hydrogen) atoms. The standard InChI is InChI=1S/C13H14N2O/c1-10(11(2)16)15-9-8-14-13(15)12-6-4-3-5-7-12/h3-10H,1-2H3. The van der Waals surface area contributed by atoms with E-state index in [0.717, 1.165) is 11.4 Å². The molecule has 1 aromatic heterocycles. The zero-order valence-electron chi connectivity index (χ0n) is 9.42. The van der Waals surface area contributed by atoms with Crippen LogP contribution in [0, 0.1) is 0 Å². The van der Waals surface area contributed by atoms with Crippen LogP contribution in [0.5, 0.6) is 0 Å². The van der Waals surface area contributed by atoms with E-state index in [1.165, 1.54) is 0 Å². The van der Waals surface area contributed by atoms with Crippen molar-refractivity contribution < 1.29 is 4.79 Å². The van der Waals surface area contributed by atoms with Crippen LogP contribution in [-0.4, -0.2) is 15.3 Å². The van der Waals surface area contributed by atoms with Gasteiger partial charge in [0.2, 0.25) is 0 Å². The van der Waals surface area contributed by atoms with E-state index in [-0.39, 0.29) is 11.8 Å². The van der Waals surface area contributed by atoms with Gasteiger partial charge in [-0.05, 0) is 13.8 Å². The van der Waals surface area contributed by atoms with E-state index in [1.807, 2.05) is 48.0 Å². The number of benzene rings is 1. The molecule has 0 N–H and O–H groups in total. The molecule has 2 rings (SSSR count). The molecule has 0 aliphatic heterocycles. The zero-order chi connectivity index (χ0) is 11.5. The van der Waals surface area contributed by atoms with Crippen LogP contribution in [0.15, 0.2) is 42.7 Å². The van der Waals surface area contributed by atoms with Gasteiger partial charge in [0, 0.05) is 18.0 Å². The monoisotopic (exact) mass is 214 g/mol. The normalized spacial score (nSPS) is 12.4. The molecule has 1 unspecified atom stereocenters. The van der Waals surface area contributed by atoms with Gasteiger partial charge in [-0.1, -0.05) is 30.3 Å². The van der Waals surface area contributed by atoms with Crippen molar-refractivity contribution in [3.8, 4) is 11.4 Å². The first-order valence-corrected chi connectivity index (χ1v) is 5.29. The minimum absolute atomic E-state index is 0.134. The molecular weight excluding hydrogens is 200 g/mol. The largest absolute Gasteiger partial charge is 0.321 e. The van der Waals surface area contributed by atoms with Crippen molar-refractivity contribution in [3.05, 3.63) is 42.7 Å². The summed E-state index contributed by atoms with van der Waals surface area (Å²) in [5.74, 6) is 0.971. The van der Waals surface area contributed by atoms with Gasteiger partial charge in [-0.3, -0.25) is 4.79 Å². The van der Waals surface area contributed by atoms with Crippen LogP contribution < -0.4 is 0 Å². The molecule has 0 aliphatic carbocycles. The van der Waals surface area contributed by atoms with Crippen molar-refractivity contribution >= 4 is 5.78 Å². The molecule has 0 bridgehead atoms. The second-order valence-corrected chi connectivity index (χ2v) is 3.81. The van der Waals surface area contributed by atoms with Crippen LogP contribution in [0.3, 0.4) is 0 Å². The molecule has 1 heterocycles. The van der Waals surface area contributed by atoms with E-state index in [0.29, 0.717) is 0 Å². The summed E-state index contributed by atoms with van der Waals surface area (Å²) in [7, 11) is 0. The van der Waals surface area contributed by atoms with Crippen LogP contribution in [-0.2, 0) is 4.79 Å². The summed E-state index contributed by atoms with van der Waals surface area (Å²) < 4.78 is 1.90. The molecule has 0 spiro atoms. The third-order valence-corrected chi connectivity index (χ3v) is 2.71. The first kappa shape index (κ1) is 10.6. The Morgan fingerprint density at radius 2 is 2.00 bits per heavy atom. The van der Waals surface area contributed by atoms with Gasteiger partial charge in [-0.15, -0.1) is 0 Å². The van der Waals surface area contributed by atoms with Crippen LogP contribution >= 0.6 is 0 Å². The summed E-state index contributed by atoms with van der Waals surface area (Å²) >= 11 is 0. The molecule has 3 heteroatoms. The van der Waals surface area contributed by atoms with Gasteiger partial charge < -0.3 is 4.57 Å². The Kier molecular flexibility index (Phi) is 2.86. The Labute approximate surface area is 94.7 Å². The number of Topliss-reactive ketones (excluding diaryl/α,β-unsaturated/α-hetero) is 1. The number of hydrogen-bond acceptors (Lipinski definition) is 2. The number of ketones is 1. The molecule has 0 fully saturated rings. The fourth-order valence-electron chi connectivity index (χ4n) is 1.63. The van der Waals surface area contributed by atoms with Gasteiger partial charge >= 0.3 is 0 Å². The van der Waals surface area contributed by atoms with Crippen molar-refractivity contribution in [3.63, 3.8) is 0 Å². The number of aromatic nitrogens is 2. The number of hydrogen-bond donors (Lipinski definition) is 0. The van der Waals surface area contributed by atoms with E-state index in [4.69, 9.17) is 0 Å². The Hall–Kier alpha value is -1.90. The minimum Gasteiger partial charge on any atom is -0.321 e. The molecule has 0 aliphatic rings. The molecule has 82 valence electrons. The van der Waals surface area contributed by atoms with Crippen LogP contribution in [0.2, 0.25) is 0 Å². The van der Waals surface area contributed by atoms with E-state index in [2.05, 4.69) is 4.98 Å². The van der Waals surface area contributed by atoms with E-state index in [9.17, 15) is 4.79 Å². The van der Waals surface area contributed by atoms with Gasteiger partial charge in [-0.2, -0.15) is 0 Å². The van der Waals surface area contributed by atoms with Crippen molar-refractivity contribution in [2.45, 2.75) is 19.9 Å². The highest BCUT2D eigenvalue weighted by molar-refractivity contribution is 5.80. The quantitative estimate of drug-likeness (QED) is 0.787. The van der Waals surface area contributed by atoms with Crippen molar-refractivity contribution in [2.75, 3.05) is 0 Å². The van der Waals surface area contributed by atoms with Gasteiger partial charge in [0.25, 0.3) is 0 Å². The molecule has 1 aromatic carbocycles. The number of rotatable bonds is 3. The zero-order valence-corrected chi connectivity index (χ0v) is 9.42. The van der Waals surface area contributed by atoms with Crippen molar-refractivity contribution in [1.29, 1.82) is 0 Å². The van der Waals surface area contributed by atoms with Crippen molar-refractivity contribution in [2.24, 2.45) is 0 Å². The second kappa shape index (κ2) is 4.31. The molecule has 1 atom stereocenters. The summed E-state index contributed by atoms with van der Waals surface area (Å²) in [5, 5.41) is 0. The molecule has 0 amide bonds. The number of imidazole rings is 1. The van der Waals surface area contributed by atoms with Gasteiger partial charge in [0.1, 0.15) is 5.82 Å². The van der Waals surface area contributed by atoms with Crippen LogP contribution in [0.1, 0.15) is 19.9 Å². The van der Waals surface area contributed by atoms with Crippen LogP contribution in [0.4, 0.5) is 0 Å². The maximum atomic E-state index is 11.4. The SMILES string of the molecule is CC(=O)C(C)n1ccnc1-c1ccccc1. The van der Waals surface area contributed by atoms with Crippen LogP contribution in [0.25, 0.3) is 11.4 Å². The summed E-state index contributed by atoms with van der Waals surface area (Å²) in [6.45, 7) is 3.48. The highest BCUT2D eigenvalue weighted by Gasteiger charge is 2.14. The van der Waals surface area contributed by atoms with Gasteiger partial charge in [-0.25, -0.2) is 4.98 Å². The maximum absolute atomic E-state index is 11.4. The molecule has 0 radical (unpaired) electrons. The Balaban J connectivity index is 2.44. The third kappa shape index (κ3) is 1.89. The predicted molar refractivity (Wildman–Crippen MR) is 63.1 cm³/mol. The number of nitrogens with zero attached hydrogens (tertiary/aromatic N) is 2. The fraction of sp³-hybridized carbons (Fsp3) is 0.231. The predicted octanol–water partition coefficient (Wildman–Crippen LogP) is 2.70. The average Bonchev–Trinajstić information content (AvgIpc) is 2.77. The smallest absolute Gasteiger partial charge is 0.152 e. The van der Waals surface area contributed by atoms with E-state index >= 15 is 0 Å². The lowest BCUT2D eigenvalue weighted by atomic mass is 10.2. The summed E-state index contributed by atoms with van der Waals surface area (Å²) in [6.07, 6.45) is 3.57. The maximum Gasteiger partial charge on any atom is 0.152 e. The second-order valence-electron chi connectivity index (χ2n) is 3.81. The average molecular weight is 214 g/mol. The molecule has 0 saturated heterocycles. The molecule has 0 saturated carbocycles. The highest BCUT2D eigenvalue weighted by atomic mass is 16.1. The lowest BCUT2D eigenvalue weighted by molar-refractivity contribution is -0.119. The molecule has 2 aromatic rings. The summed E-state index contributed by atoms with van der Waals surface area (Å²) in [6, 6.07) is 9.71. The minimum atomic E-state index is -0.169. The Morgan fingerprint density at radius 3 is 2.62 bits per heavy atom. The fourth-order valence-corrected chi connectivity index (χ4v) is 1.63. The van der Waals surface area contributed by atoms with Crippen molar-refractivity contribution in [1.82, 2.24) is 9.55 Å². The molecule has 3 nitrogen and oxygen atoms in total. The first-order chi connectivity index (χ1) is 7.70. The highest BCUT2D eigenvalue weighted by Crippen LogP contribution is 2.20. The summed E-state index contributed by atoms with van der Waals surface area (Å²) in [4.78, 5) is 15.7. The van der Waals surface area contributed by atoms with E-state index < -0.39 is 0 Å². The Bertz CT molecular complexity index is 488. The van der Waals surface area contributed by atoms with Gasteiger partial charge in [0.05, 0.1) is 6.04 Å². The lowest BCUT2D eigenvalue weighted by Crippen LogP contribution is -2.13.